The Bertz CT molecular complexity index is 1030. The number of aliphatic hydroxyl groups is 1. The fourth-order valence-corrected chi connectivity index (χ4v) is 11.4. The van der Waals surface area contributed by atoms with Gasteiger partial charge in [-0.15, -0.1) is 0 Å². The molecule has 1 amide bonds. The molecule has 7 unspecified atom stereocenters. The maximum absolute atomic E-state index is 15.0. The third-order valence-corrected chi connectivity index (χ3v) is 13.9. The van der Waals surface area contributed by atoms with Gasteiger partial charge in [0.2, 0.25) is 5.91 Å². The van der Waals surface area contributed by atoms with Crippen molar-refractivity contribution in [3.63, 3.8) is 0 Å². The van der Waals surface area contributed by atoms with Crippen LogP contribution in [0.3, 0.4) is 0 Å². The van der Waals surface area contributed by atoms with Crippen LogP contribution in [0.1, 0.15) is 104 Å². The van der Waals surface area contributed by atoms with Gasteiger partial charge in [0.15, 0.2) is 0 Å². The van der Waals surface area contributed by atoms with Crippen LogP contribution in [0.25, 0.3) is 0 Å². The molecule has 5 aliphatic rings. The molecule has 10 heteroatoms. The number of nitrogens with zero attached hydrogens (tertiary/aromatic N) is 2. The van der Waals surface area contributed by atoms with E-state index in [0.29, 0.717) is 24.3 Å². The predicted molar refractivity (Wildman–Crippen MR) is 193 cm³/mol. The van der Waals surface area contributed by atoms with Gasteiger partial charge in [-0.25, -0.2) is 0 Å². The van der Waals surface area contributed by atoms with Gasteiger partial charge >= 0.3 is 0 Å². The van der Waals surface area contributed by atoms with Crippen molar-refractivity contribution < 1.29 is 9.90 Å². The Balaban J connectivity index is 1.51. The van der Waals surface area contributed by atoms with Crippen molar-refractivity contribution in [2.75, 3.05) is 52.9 Å². The zero-order valence-electron chi connectivity index (χ0n) is 29.8. The van der Waals surface area contributed by atoms with Gasteiger partial charge in [0.05, 0.1) is 24.7 Å². The van der Waals surface area contributed by atoms with Crippen molar-refractivity contribution in [1.29, 1.82) is 0 Å². The molecule has 2 saturated heterocycles. The minimum absolute atomic E-state index is 0.00982. The Morgan fingerprint density at radius 3 is 2.53 bits per heavy atom. The maximum Gasteiger partial charge on any atom is 0.227 e. The van der Waals surface area contributed by atoms with Crippen molar-refractivity contribution >= 4 is 17.5 Å². The Labute approximate surface area is 290 Å². The van der Waals surface area contributed by atoms with E-state index in [0.717, 1.165) is 69.9 Å². The lowest BCUT2D eigenvalue weighted by Gasteiger charge is -2.59. The second-order valence-electron chi connectivity index (χ2n) is 16.0. The number of piperazine rings is 1. The molecule has 9 nitrogen and oxygen atoms in total. The summed E-state index contributed by atoms with van der Waals surface area (Å²) in [5, 5.41) is 22.4. The summed E-state index contributed by atoms with van der Waals surface area (Å²) < 4.78 is 0. The number of amides is 1. The van der Waals surface area contributed by atoms with E-state index in [-0.39, 0.29) is 41.6 Å². The molecule has 5 rings (SSSR count). The van der Waals surface area contributed by atoms with Crippen molar-refractivity contribution in [3.05, 3.63) is 11.1 Å². The van der Waals surface area contributed by atoms with E-state index < -0.39 is 12.1 Å². The molecule has 3 heterocycles. The molecule has 7 atom stereocenters. The normalized spacial score (nSPS) is 35.6. The standard InChI is InChI=1S/C37H68ClN7O2/c1-4-11-27(5-2)37(45-21-20-44(3)29(24-45)25-46)18-19-41-23-30(37)43-35(47)31(34(39)40)33-32(26-12-7-8-13-26)36(15-9-6-10-16-36)17-14-28(38)22-42-33/h14,26-27,29-34,41-42,46H,4-13,15-25,39-40H2,1-3H3,(H,43,47)/b28-14+. The van der Waals surface area contributed by atoms with Gasteiger partial charge in [-0.05, 0) is 68.9 Å². The zero-order chi connectivity index (χ0) is 33.6. The highest BCUT2D eigenvalue weighted by atomic mass is 35.5. The molecule has 2 saturated carbocycles. The minimum Gasteiger partial charge on any atom is -0.395 e. The lowest BCUT2D eigenvalue weighted by atomic mass is 9.55. The topological polar surface area (TPSA) is 132 Å². The summed E-state index contributed by atoms with van der Waals surface area (Å²) in [6.07, 6.45) is 17.8. The maximum atomic E-state index is 15.0. The summed E-state index contributed by atoms with van der Waals surface area (Å²) in [6, 6.07) is -0.133. The van der Waals surface area contributed by atoms with Gasteiger partial charge in [0.1, 0.15) is 0 Å². The van der Waals surface area contributed by atoms with Crippen molar-refractivity contribution in [1.82, 2.24) is 25.8 Å². The highest BCUT2D eigenvalue weighted by Gasteiger charge is 2.55. The first-order valence-electron chi connectivity index (χ1n) is 19.4. The van der Waals surface area contributed by atoms with E-state index in [1.165, 1.54) is 57.8 Å². The average Bonchev–Trinajstić information content (AvgIpc) is 3.60. The first-order valence-corrected chi connectivity index (χ1v) is 19.7. The van der Waals surface area contributed by atoms with Crippen LogP contribution in [-0.4, -0.2) is 104 Å². The average molecular weight is 678 g/mol. The van der Waals surface area contributed by atoms with Crippen LogP contribution in [0, 0.1) is 29.1 Å². The fourth-order valence-electron chi connectivity index (χ4n) is 11.2. The number of likely N-dealkylation sites (N-methyl/N-ethyl adjacent to an activating group) is 1. The molecule has 0 radical (unpaired) electrons. The number of carbonyl (C=O) groups is 1. The SMILES string of the molecule is CCCC(CC)C1(N2CCN(C)C(CO)C2)CCNCC1NC(=O)C(C(N)N)C1NC/C(Cl)=C\CC2(CCCCC2)C1C1CCCC1. The molecule has 270 valence electrons. The molecular weight excluding hydrogens is 610 g/mol. The number of nitrogens with one attached hydrogen (secondary N) is 3. The van der Waals surface area contributed by atoms with Crippen LogP contribution in [0.4, 0.5) is 0 Å². The Hall–Kier alpha value is -0.780. The van der Waals surface area contributed by atoms with Crippen molar-refractivity contribution in [3.8, 4) is 0 Å². The van der Waals surface area contributed by atoms with Gasteiger partial charge in [0, 0.05) is 55.4 Å². The number of hydrogen-bond acceptors (Lipinski definition) is 8. The minimum atomic E-state index is -0.787. The third kappa shape index (κ3) is 7.93. The summed E-state index contributed by atoms with van der Waals surface area (Å²) in [4.78, 5) is 20.0. The Kier molecular flexibility index (Phi) is 13.5. The van der Waals surface area contributed by atoms with E-state index in [4.69, 9.17) is 23.1 Å². The summed E-state index contributed by atoms with van der Waals surface area (Å²) in [6.45, 7) is 9.57. The quantitative estimate of drug-likeness (QED) is 0.183. The van der Waals surface area contributed by atoms with Gasteiger partial charge in [-0.2, -0.15) is 0 Å². The van der Waals surface area contributed by atoms with Crippen LogP contribution >= 0.6 is 11.6 Å². The first kappa shape index (κ1) is 37.5. The number of nitrogens with two attached hydrogens (primary N) is 2. The number of carbonyl (C=O) groups excluding carboxylic acids is 1. The van der Waals surface area contributed by atoms with Gasteiger partial charge in [-0.3, -0.25) is 14.6 Å². The van der Waals surface area contributed by atoms with E-state index >= 15 is 4.79 Å². The molecule has 0 bridgehead atoms. The smallest absolute Gasteiger partial charge is 0.227 e. The second kappa shape index (κ2) is 17.0. The van der Waals surface area contributed by atoms with Crippen LogP contribution < -0.4 is 27.4 Å². The summed E-state index contributed by atoms with van der Waals surface area (Å²) in [5.74, 6) is 0.746. The Morgan fingerprint density at radius 1 is 1.13 bits per heavy atom. The molecule has 2 aliphatic carbocycles. The number of rotatable bonds is 11. The first-order chi connectivity index (χ1) is 22.7. The summed E-state index contributed by atoms with van der Waals surface area (Å²) in [5.41, 5.74) is 13.4. The molecule has 0 aromatic carbocycles. The molecule has 8 N–H and O–H groups in total. The number of aliphatic hydroxyl groups excluding tert-OH is 1. The molecule has 0 aromatic heterocycles. The third-order valence-electron chi connectivity index (χ3n) is 13.6. The molecule has 3 aliphatic heterocycles. The lowest BCUT2D eigenvalue weighted by molar-refractivity contribution is -0.133. The number of halogens is 1. The molecule has 1 spiro atoms. The monoisotopic (exact) mass is 678 g/mol. The van der Waals surface area contributed by atoms with E-state index in [1.807, 2.05) is 0 Å². The zero-order valence-corrected chi connectivity index (χ0v) is 30.6. The molecule has 47 heavy (non-hydrogen) atoms. The second-order valence-corrected chi connectivity index (χ2v) is 16.5. The predicted octanol–water partition coefficient (Wildman–Crippen LogP) is 3.74. The van der Waals surface area contributed by atoms with Gasteiger partial charge in [-0.1, -0.05) is 89.3 Å². The highest BCUT2D eigenvalue weighted by molar-refractivity contribution is 6.29. The summed E-state index contributed by atoms with van der Waals surface area (Å²) in [7, 11) is 2.12. The number of hydrogen-bond donors (Lipinski definition) is 6. The van der Waals surface area contributed by atoms with Crippen LogP contribution in [0.15, 0.2) is 11.1 Å². The van der Waals surface area contributed by atoms with E-state index in [9.17, 15) is 5.11 Å². The van der Waals surface area contributed by atoms with Gasteiger partial charge < -0.3 is 32.5 Å². The van der Waals surface area contributed by atoms with E-state index in [2.05, 4.69) is 52.7 Å². The highest BCUT2D eigenvalue weighted by Crippen LogP contribution is 2.54. The summed E-state index contributed by atoms with van der Waals surface area (Å²) >= 11 is 6.83. The molecule has 4 fully saturated rings. The number of allylic oxidation sites excluding steroid dienone is 1. The largest absolute Gasteiger partial charge is 0.395 e. The van der Waals surface area contributed by atoms with Crippen molar-refractivity contribution in [2.45, 2.75) is 134 Å². The van der Waals surface area contributed by atoms with Crippen molar-refractivity contribution in [2.24, 2.45) is 40.6 Å². The van der Waals surface area contributed by atoms with E-state index in [1.54, 1.807) is 0 Å². The fraction of sp³-hybridized carbons (Fsp3) is 0.919. The van der Waals surface area contributed by atoms with Crippen LogP contribution in [-0.2, 0) is 4.79 Å². The lowest BCUT2D eigenvalue weighted by Crippen LogP contribution is -2.75. The number of piperidine rings is 1. The molecule has 0 aromatic rings. The molecular formula is C37H68ClN7O2. The van der Waals surface area contributed by atoms with Crippen LogP contribution in [0.2, 0.25) is 0 Å². The Morgan fingerprint density at radius 2 is 1.87 bits per heavy atom. The van der Waals surface area contributed by atoms with Crippen LogP contribution in [0.5, 0.6) is 0 Å². The van der Waals surface area contributed by atoms with Gasteiger partial charge in [0.25, 0.3) is 0 Å².